The van der Waals surface area contributed by atoms with Crippen LogP contribution in [-0.2, 0) is 24.9 Å². The van der Waals surface area contributed by atoms with E-state index in [0.717, 1.165) is 21.8 Å². The number of aliphatic hydroxyl groups is 1. The van der Waals surface area contributed by atoms with Gasteiger partial charge in [-0.15, -0.1) is 70.1 Å². The number of halogens is 6. The molecule has 1 N–H and O–H groups in total. The second-order valence-electron chi connectivity index (χ2n) is 8.44. The Hall–Kier alpha value is -4.34. The fourth-order valence-electron chi connectivity index (χ4n) is 3.76. The standard InChI is InChI=1S/2C13H8N.C5H2F6O2.Ir/c2*1-2-6-12-10(4-1)7-8-11-5-3-9-14-13(11)12;6-4(7,8)2(12)1-3(13)5(9,10)11;/h2*1-5,7-9H;1,12H;/q2*-1;;/b;;2-1-;. The summed E-state index contributed by atoms with van der Waals surface area (Å²) in [4.78, 5) is 18.6. The fraction of sp³-hybridized carbons (Fsp3) is 0.0645. The predicted octanol–water partition coefficient (Wildman–Crippen LogP) is 8.50. The van der Waals surface area contributed by atoms with Crippen molar-refractivity contribution in [2.75, 3.05) is 0 Å². The monoisotopic (exact) mass is 757 g/mol. The van der Waals surface area contributed by atoms with Crippen LogP contribution in [-0.4, -0.2) is 33.2 Å². The summed E-state index contributed by atoms with van der Waals surface area (Å²) in [6.45, 7) is 0. The first-order valence-electron chi connectivity index (χ1n) is 11.8. The summed E-state index contributed by atoms with van der Waals surface area (Å²) in [6, 6.07) is 34.9. The van der Waals surface area contributed by atoms with Crippen molar-refractivity contribution in [1.82, 2.24) is 9.97 Å². The van der Waals surface area contributed by atoms with Crippen LogP contribution >= 0.6 is 0 Å². The van der Waals surface area contributed by atoms with Crippen LogP contribution < -0.4 is 0 Å². The number of carbonyl (C=O) groups excluding carboxylic acids is 1. The van der Waals surface area contributed by atoms with Crippen LogP contribution in [0.2, 0.25) is 0 Å². The van der Waals surface area contributed by atoms with Crippen LogP contribution in [0.1, 0.15) is 0 Å². The van der Waals surface area contributed by atoms with E-state index in [1.807, 2.05) is 48.8 Å². The Labute approximate surface area is 248 Å². The van der Waals surface area contributed by atoms with E-state index in [1.54, 1.807) is 0 Å². The van der Waals surface area contributed by atoms with E-state index in [9.17, 15) is 31.1 Å². The number of aliphatic hydroxyl groups excluding tert-OH is 1. The molecule has 42 heavy (non-hydrogen) atoms. The normalized spacial score (nSPS) is 11.7. The molecule has 0 saturated carbocycles. The average Bonchev–Trinajstić information content (AvgIpc) is 2.97. The zero-order valence-electron chi connectivity index (χ0n) is 21.2. The maximum Gasteiger partial charge on any atom is 0.454 e. The first-order valence-corrected chi connectivity index (χ1v) is 11.8. The number of pyridine rings is 2. The largest absolute Gasteiger partial charge is 0.504 e. The second kappa shape index (κ2) is 13.5. The Balaban J connectivity index is 0.000000171. The topological polar surface area (TPSA) is 63.1 Å². The van der Waals surface area contributed by atoms with Crippen molar-refractivity contribution in [2.45, 2.75) is 12.4 Å². The van der Waals surface area contributed by atoms with Gasteiger partial charge in [0.15, 0.2) is 0 Å². The number of nitrogens with zero attached hydrogens (tertiary/aromatic N) is 2. The Bertz CT molecular complexity index is 1650. The van der Waals surface area contributed by atoms with Crippen molar-refractivity contribution in [3.8, 4) is 0 Å². The van der Waals surface area contributed by atoms with Gasteiger partial charge in [-0.1, -0.05) is 36.4 Å². The number of benzene rings is 4. The third-order valence-corrected chi connectivity index (χ3v) is 5.65. The zero-order valence-corrected chi connectivity index (χ0v) is 23.6. The summed E-state index contributed by atoms with van der Waals surface area (Å²) in [5.41, 5.74) is 2.07. The minimum absolute atomic E-state index is 0. The molecule has 0 aliphatic rings. The van der Waals surface area contributed by atoms with Gasteiger partial charge in [0.25, 0.3) is 5.78 Å². The first kappa shape index (κ1) is 32.2. The van der Waals surface area contributed by atoms with Crippen molar-refractivity contribution in [2.24, 2.45) is 0 Å². The molecule has 217 valence electrons. The van der Waals surface area contributed by atoms with Gasteiger partial charge in [0.05, 0.1) is 0 Å². The van der Waals surface area contributed by atoms with Crippen LogP contribution in [0, 0.1) is 12.1 Å². The molecule has 2 heterocycles. The molecule has 0 spiro atoms. The van der Waals surface area contributed by atoms with Gasteiger partial charge in [-0.25, -0.2) is 0 Å². The quantitative estimate of drug-likeness (QED) is 0.0602. The smallest absolute Gasteiger partial charge is 0.454 e. The van der Waals surface area contributed by atoms with E-state index in [1.165, 1.54) is 21.5 Å². The molecule has 0 bridgehead atoms. The Morgan fingerprint density at radius 2 is 1.05 bits per heavy atom. The molecule has 11 heteroatoms. The van der Waals surface area contributed by atoms with E-state index in [-0.39, 0.29) is 20.1 Å². The van der Waals surface area contributed by atoms with Crippen LogP contribution in [0.3, 0.4) is 0 Å². The second-order valence-corrected chi connectivity index (χ2v) is 8.44. The van der Waals surface area contributed by atoms with E-state index >= 15 is 0 Å². The third-order valence-electron chi connectivity index (χ3n) is 5.65. The Morgan fingerprint density at radius 1 is 0.643 bits per heavy atom. The SMILES string of the molecule is O=C(/C=C(\O)C(F)(F)F)C(F)(F)F.[Ir].[c-]1cccc2ccc3cccnc3c12.[c-]1cccc2ccc3cccnc3c12. The molecule has 1 radical (unpaired) electrons. The Kier molecular flexibility index (Phi) is 10.4. The van der Waals surface area contributed by atoms with Crippen molar-refractivity contribution in [3.05, 3.63) is 121 Å². The van der Waals surface area contributed by atoms with Crippen LogP contribution in [0.25, 0.3) is 43.4 Å². The van der Waals surface area contributed by atoms with Gasteiger partial charge in [0, 0.05) is 38.6 Å². The van der Waals surface area contributed by atoms with E-state index in [0.29, 0.717) is 0 Å². The first-order chi connectivity index (χ1) is 19.4. The molecule has 0 unspecified atom stereocenters. The number of aromatic nitrogens is 2. The molecular formula is C31H18F6IrN2O2-2. The van der Waals surface area contributed by atoms with Crippen molar-refractivity contribution in [3.63, 3.8) is 0 Å². The molecule has 0 amide bonds. The number of allylic oxidation sites excluding steroid dienone is 2. The molecule has 0 saturated heterocycles. The summed E-state index contributed by atoms with van der Waals surface area (Å²) < 4.78 is 68.1. The van der Waals surface area contributed by atoms with E-state index in [4.69, 9.17) is 5.11 Å². The number of hydrogen-bond acceptors (Lipinski definition) is 4. The molecule has 0 aliphatic carbocycles. The average molecular weight is 757 g/mol. The Morgan fingerprint density at radius 3 is 1.45 bits per heavy atom. The maximum atomic E-state index is 11.4. The molecule has 0 atom stereocenters. The number of carbonyl (C=O) groups is 1. The minimum atomic E-state index is -5.42. The molecule has 6 aromatic rings. The van der Waals surface area contributed by atoms with Gasteiger partial charge >= 0.3 is 12.4 Å². The maximum absolute atomic E-state index is 11.4. The molecule has 0 aliphatic heterocycles. The number of ketones is 1. The summed E-state index contributed by atoms with van der Waals surface area (Å²) in [6.07, 6.45) is -8.04. The number of fused-ring (bicyclic) bond motifs is 6. The summed E-state index contributed by atoms with van der Waals surface area (Å²) in [5.74, 6) is -5.34. The van der Waals surface area contributed by atoms with Crippen molar-refractivity contribution in [1.29, 1.82) is 0 Å². The van der Waals surface area contributed by atoms with E-state index in [2.05, 4.69) is 70.6 Å². The van der Waals surface area contributed by atoms with Gasteiger partial charge in [0.1, 0.15) is 0 Å². The van der Waals surface area contributed by atoms with Crippen molar-refractivity contribution >= 4 is 49.1 Å². The van der Waals surface area contributed by atoms with Crippen LogP contribution in [0.5, 0.6) is 0 Å². The molecule has 6 rings (SSSR count). The fourth-order valence-corrected chi connectivity index (χ4v) is 3.76. The summed E-state index contributed by atoms with van der Waals surface area (Å²) in [7, 11) is 0. The van der Waals surface area contributed by atoms with Gasteiger partial charge in [-0.2, -0.15) is 26.3 Å². The van der Waals surface area contributed by atoms with E-state index < -0.39 is 30.0 Å². The zero-order chi connectivity index (χ0) is 29.6. The number of hydrogen-bond donors (Lipinski definition) is 1. The summed E-state index contributed by atoms with van der Waals surface area (Å²) in [5, 5.41) is 14.9. The van der Waals surface area contributed by atoms with Crippen LogP contribution in [0.15, 0.2) is 109 Å². The molecule has 4 nitrogen and oxygen atoms in total. The molecule has 4 aromatic carbocycles. The van der Waals surface area contributed by atoms with Gasteiger partial charge < -0.3 is 15.1 Å². The molecule has 0 fully saturated rings. The van der Waals surface area contributed by atoms with Gasteiger partial charge in [0.2, 0.25) is 5.76 Å². The third kappa shape index (κ3) is 7.90. The molecular weight excluding hydrogens is 739 g/mol. The predicted molar refractivity (Wildman–Crippen MR) is 144 cm³/mol. The molecule has 2 aromatic heterocycles. The van der Waals surface area contributed by atoms with Gasteiger partial charge in [-0.3, -0.25) is 4.79 Å². The van der Waals surface area contributed by atoms with Crippen LogP contribution in [0.4, 0.5) is 26.3 Å². The number of alkyl halides is 6. The number of rotatable bonds is 1. The minimum Gasteiger partial charge on any atom is -0.504 e. The van der Waals surface area contributed by atoms with Crippen molar-refractivity contribution < 1.29 is 56.3 Å². The van der Waals surface area contributed by atoms with Gasteiger partial charge in [-0.05, 0) is 33.9 Å². The summed E-state index contributed by atoms with van der Waals surface area (Å²) >= 11 is 0.